The first-order valence-corrected chi connectivity index (χ1v) is 9.61. The number of hydrogen-bond donors (Lipinski definition) is 2. The second-order valence-electron chi connectivity index (χ2n) is 7.94. The van der Waals surface area contributed by atoms with Crippen LogP contribution in [0.1, 0.15) is 37.3 Å². The maximum Gasteiger partial charge on any atom is 0.191 e. The molecule has 1 saturated heterocycles. The molecule has 1 saturated carbocycles. The Bertz CT molecular complexity index is 647. The van der Waals surface area contributed by atoms with Crippen LogP contribution in [-0.2, 0) is 13.1 Å². The van der Waals surface area contributed by atoms with E-state index in [1.165, 1.54) is 12.8 Å². The maximum absolute atomic E-state index is 13.9. The molecule has 7 heteroatoms. The molecule has 0 spiro atoms. The van der Waals surface area contributed by atoms with Gasteiger partial charge in [0.05, 0.1) is 0 Å². The minimum atomic E-state index is -0.148. The van der Waals surface area contributed by atoms with Gasteiger partial charge < -0.3 is 15.5 Å². The van der Waals surface area contributed by atoms with Crippen LogP contribution in [0.25, 0.3) is 0 Å². The van der Waals surface area contributed by atoms with Gasteiger partial charge in [0.1, 0.15) is 5.82 Å². The Kier molecular flexibility index (Phi) is 8.30. The summed E-state index contributed by atoms with van der Waals surface area (Å²) in [5, 5.41) is 6.92. The Morgan fingerprint density at radius 1 is 1.33 bits per heavy atom. The Hall–Kier alpha value is -0.930. The van der Waals surface area contributed by atoms with Gasteiger partial charge in [-0.1, -0.05) is 6.07 Å². The minimum absolute atomic E-state index is 0. The molecular formula is C20H33FIN5. The smallest absolute Gasteiger partial charge is 0.191 e. The van der Waals surface area contributed by atoms with Crippen LogP contribution in [0.15, 0.2) is 23.2 Å². The predicted molar refractivity (Wildman–Crippen MR) is 120 cm³/mol. The molecule has 0 aromatic heterocycles. The minimum Gasteiger partial charge on any atom is -0.352 e. The van der Waals surface area contributed by atoms with Gasteiger partial charge in [-0.15, -0.1) is 24.0 Å². The van der Waals surface area contributed by atoms with Crippen molar-refractivity contribution in [3.8, 4) is 0 Å². The molecule has 1 aliphatic carbocycles. The molecule has 5 nitrogen and oxygen atoms in total. The van der Waals surface area contributed by atoms with E-state index in [9.17, 15) is 4.39 Å². The molecule has 152 valence electrons. The predicted octanol–water partition coefficient (Wildman–Crippen LogP) is 2.80. The topological polar surface area (TPSA) is 42.9 Å². The first kappa shape index (κ1) is 22.4. The number of halogens is 2. The molecule has 2 atom stereocenters. The van der Waals surface area contributed by atoms with Crippen molar-refractivity contribution in [2.75, 3.05) is 27.7 Å². The first-order valence-electron chi connectivity index (χ1n) is 9.61. The Morgan fingerprint density at radius 2 is 2.07 bits per heavy atom. The van der Waals surface area contributed by atoms with Gasteiger partial charge in [0.25, 0.3) is 0 Å². The van der Waals surface area contributed by atoms with Gasteiger partial charge in [0.2, 0.25) is 0 Å². The zero-order valence-electron chi connectivity index (χ0n) is 16.8. The van der Waals surface area contributed by atoms with E-state index in [1.807, 2.05) is 31.1 Å². The van der Waals surface area contributed by atoms with Crippen LogP contribution in [0.5, 0.6) is 0 Å². The summed E-state index contributed by atoms with van der Waals surface area (Å²) in [6.07, 6.45) is 3.86. The molecule has 2 aliphatic rings. The number of rotatable bonds is 6. The van der Waals surface area contributed by atoms with Crippen LogP contribution in [0, 0.1) is 5.82 Å². The summed E-state index contributed by atoms with van der Waals surface area (Å²) in [6, 6.07) is 7.21. The van der Waals surface area contributed by atoms with E-state index in [0.29, 0.717) is 25.2 Å². The lowest BCUT2D eigenvalue weighted by Crippen LogP contribution is -2.44. The van der Waals surface area contributed by atoms with Gasteiger partial charge >= 0.3 is 0 Å². The molecule has 1 aromatic carbocycles. The van der Waals surface area contributed by atoms with Crippen molar-refractivity contribution in [3.63, 3.8) is 0 Å². The monoisotopic (exact) mass is 489 g/mol. The molecule has 27 heavy (non-hydrogen) atoms. The van der Waals surface area contributed by atoms with Crippen molar-refractivity contribution in [2.24, 2.45) is 4.99 Å². The molecule has 1 heterocycles. The maximum atomic E-state index is 13.9. The van der Waals surface area contributed by atoms with Crippen LogP contribution < -0.4 is 10.6 Å². The molecule has 0 radical (unpaired) electrons. The van der Waals surface area contributed by atoms with Crippen molar-refractivity contribution in [3.05, 3.63) is 35.1 Å². The number of nitrogens with zero attached hydrogens (tertiary/aromatic N) is 3. The van der Waals surface area contributed by atoms with Gasteiger partial charge in [0.15, 0.2) is 5.96 Å². The third-order valence-electron chi connectivity index (χ3n) is 5.26. The number of guanidine groups is 1. The largest absolute Gasteiger partial charge is 0.352 e. The highest BCUT2D eigenvalue weighted by atomic mass is 127. The lowest BCUT2D eigenvalue weighted by molar-refractivity contribution is 0.256. The van der Waals surface area contributed by atoms with E-state index < -0.39 is 0 Å². The van der Waals surface area contributed by atoms with E-state index in [-0.39, 0.29) is 29.8 Å². The number of hydrogen-bond acceptors (Lipinski definition) is 3. The Morgan fingerprint density at radius 3 is 2.70 bits per heavy atom. The molecule has 2 unspecified atom stereocenters. The molecule has 3 rings (SSSR count). The molecule has 0 bridgehead atoms. The molecule has 2 fully saturated rings. The van der Waals surface area contributed by atoms with Crippen LogP contribution in [-0.4, -0.2) is 61.6 Å². The second-order valence-corrected chi connectivity index (χ2v) is 7.94. The molecular weight excluding hydrogens is 456 g/mol. The van der Waals surface area contributed by atoms with Crippen molar-refractivity contribution in [1.82, 2.24) is 20.4 Å². The fourth-order valence-corrected chi connectivity index (χ4v) is 3.85. The third-order valence-corrected chi connectivity index (χ3v) is 5.26. The van der Waals surface area contributed by atoms with Crippen molar-refractivity contribution in [2.45, 2.75) is 57.4 Å². The summed E-state index contributed by atoms with van der Waals surface area (Å²) in [6.45, 7) is 4.65. The molecule has 1 aliphatic heterocycles. The number of benzene rings is 1. The van der Waals surface area contributed by atoms with Gasteiger partial charge in [-0.05, 0) is 58.0 Å². The van der Waals surface area contributed by atoms with Crippen molar-refractivity contribution >= 4 is 29.9 Å². The summed E-state index contributed by atoms with van der Waals surface area (Å²) < 4.78 is 13.9. The fourth-order valence-electron chi connectivity index (χ4n) is 3.85. The Balaban J connectivity index is 0.00000261. The van der Waals surface area contributed by atoms with E-state index >= 15 is 0 Å². The average Bonchev–Trinajstić information content (AvgIpc) is 3.37. The third kappa shape index (κ3) is 6.29. The van der Waals surface area contributed by atoms with E-state index in [1.54, 1.807) is 13.1 Å². The molecule has 1 aromatic rings. The fraction of sp³-hybridized carbons (Fsp3) is 0.650. The first-order chi connectivity index (χ1) is 12.5. The average molecular weight is 489 g/mol. The van der Waals surface area contributed by atoms with Crippen LogP contribution in [0.3, 0.4) is 0 Å². The summed E-state index contributed by atoms with van der Waals surface area (Å²) in [5.74, 6) is 0.670. The highest BCUT2D eigenvalue weighted by Gasteiger charge is 2.38. The van der Waals surface area contributed by atoms with Gasteiger partial charge in [-0.3, -0.25) is 9.89 Å². The lowest BCUT2D eigenvalue weighted by atomic mass is 10.1. The zero-order chi connectivity index (χ0) is 18.7. The summed E-state index contributed by atoms with van der Waals surface area (Å²) in [5.41, 5.74) is 1.78. The number of nitrogens with one attached hydrogen (secondary N) is 2. The second kappa shape index (κ2) is 10.0. The SMILES string of the molecule is CN=C(NCc1ccc(F)c(CN(C)C)c1)NC1CC(C)N(C2CC2)C1.I. The van der Waals surface area contributed by atoms with E-state index in [4.69, 9.17) is 0 Å². The highest BCUT2D eigenvalue weighted by molar-refractivity contribution is 14.0. The van der Waals surface area contributed by atoms with Gasteiger partial charge in [0, 0.05) is 50.4 Å². The number of aliphatic imine (C=N–C) groups is 1. The summed E-state index contributed by atoms with van der Waals surface area (Å²) in [7, 11) is 5.70. The summed E-state index contributed by atoms with van der Waals surface area (Å²) >= 11 is 0. The standard InChI is InChI=1S/C20H32FN5.HI/c1-14-9-17(13-26(14)18-6-7-18)24-20(22-2)23-11-15-5-8-19(21)16(10-15)12-25(3)4;/h5,8,10,14,17-18H,6-7,9,11-13H2,1-4H3,(H2,22,23,24);1H. The number of likely N-dealkylation sites (tertiary alicyclic amines) is 1. The molecule has 0 amide bonds. The summed E-state index contributed by atoms with van der Waals surface area (Å²) in [4.78, 5) is 8.96. The normalized spacial score (nSPS) is 23.4. The van der Waals surface area contributed by atoms with Crippen molar-refractivity contribution < 1.29 is 4.39 Å². The van der Waals surface area contributed by atoms with Crippen LogP contribution in [0.4, 0.5) is 4.39 Å². The van der Waals surface area contributed by atoms with Gasteiger partial charge in [-0.2, -0.15) is 0 Å². The van der Waals surface area contributed by atoms with Crippen molar-refractivity contribution in [1.29, 1.82) is 0 Å². The van der Waals surface area contributed by atoms with E-state index in [2.05, 4.69) is 27.4 Å². The highest BCUT2D eigenvalue weighted by Crippen LogP contribution is 2.33. The van der Waals surface area contributed by atoms with Crippen LogP contribution in [0.2, 0.25) is 0 Å². The Labute approximate surface area is 179 Å². The molecule has 2 N–H and O–H groups in total. The van der Waals surface area contributed by atoms with Gasteiger partial charge in [-0.25, -0.2) is 4.39 Å². The lowest BCUT2D eigenvalue weighted by Gasteiger charge is -2.20. The van der Waals surface area contributed by atoms with E-state index in [0.717, 1.165) is 36.1 Å². The quantitative estimate of drug-likeness (QED) is 0.367. The zero-order valence-corrected chi connectivity index (χ0v) is 19.2. The van der Waals surface area contributed by atoms with Crippen LogP contribution >= 0.6 is 24.0 Å².